The predicted octanol–water partition coefficient (Wildman–Crippen LogP) is 3.75. The Morgan fingerprint density at radius 2 is 2.04 bits per heavy atom. The fourth-order valence-electron chi connectivity index (χ4n) is 2.39. The maximum absolute atomic E-state index is 5.65. The Morgan fingerprint density at radius 1 is 1.21 bits per heavy atom. The van der Waals surface area contributed by atoms with Crippen molar-refractivity contribution in [2.45, 2.75) is 17.5 Å². The van der Waals surface area contributed by atoms with Crippen LogP contribution in [-0.4, -0.2) is 28.0 Å². The highest BCUT2D eigenvalue weighted by molar-refractivity contribution is 9.10. The molecule has 1 aliphatic heterocycles. The second-order valence-corrected chi connectivity index (χ2v) is 6.99. The molecule has 1 aromatic carbocycles. The van der Waals surface area contributed by atoms with Crippen LogP contribution in [0.25, 0.3) is 0 Å². The van der Waals surface area contributed by atoms with Gasteiger partial charge in [-0.25, -0.2) is 0 Å². The van der Waals surface area contributed by atoms with Crippen molar-refractivity contribution in [3.05, 3.63) is 52.7 Å². The van der Waals surface area contributed by atoms with Crippen LogP contribution in [-0.2, 0) is 12.3 Å². The van der Waals surface area contributed by atoms with Gasteiger partial charge >= 0.3 is 0 Å². The fraction of sp³-hybridized carbons (Fsp3) is 0.250. The van der Waals surface area contributed by atoms with Crippen molar-refractivity contribution in [3.63, 3.8) is 0 Å². The largest absolute Gasteiger partial charge is 0.486 e. The molecule has 0 N–H and O–H groups in total. The molecule has 1 aliphatic rings. The first-order chi connectivity index (χ1) is 11.8. The zero-order valence-electron chi connectivity index (χ0n) is 12.6. The third-order valence-corrected chi connectivity index (χ3v) is 5.32. The number of rotatable bonds is 5. The van der Waals surface area contributed by atoms with Crippen LogP contribution in [0, 0.1) is 0 Å². The van der Waals surface area contributed by atoms with E-state index in [2.05, 4.69) is 26.1 Å². The molecule has 0 bridgehead atoms. The van der Waals surface area contributed by atoms with E-state index >= 15 is 0 Å². The number of aromatic nitrogens is 3. The van der Waals surface area contributed by atoms with Crippen molar-refractivity contribution in [2.24, 2.45) is 0 Å². The molecule has 0 saturated carbocycles. The molecule has 0 amide bonds. The Morgan fingerprint density at radius 3 is 2.83 bits per heavy atom. The second-order valence-electron chi connectivity index (χ2n) is 5.20. The maximum Gasteiger partial charge on any atom is 0.191 e. The van der Waals surface area contributed by atoms with Gasteiger partial charge in [0.1, 0.15) is 25.3 Å². The summed E-state index contributed by atoms with van der Waals surface area (Å²) in [4.78, 5) is 0. The van der Waals surface area contributed by atoms with Crippen LogP contribution in [0.3, 0.4) is 0 Å². The van der Waals surface area contributed by atoms with Crippen molar-refractivity contribution in [1.29, 1.82) is 0 Å². The number of nitrogens with zero attached hydrogens (tertiary/aromatic N) is 3. The van der Waals surface area contributed by atoms with Crippen LogP contribution in [0.5, 0.6) is 11.5 Å². The van der Waals surface area contributed by atoms with E-state index in [9.17, 15) is 0 Å². The molecule has 4 rings (SSSR count). The SMILES string of the molecule is Brc1cc2c(cc1CSc1nncn1Cc1ccco1)OCCO2. The van der Waals surface area contributed by atoms with E-state index in [0.717, 1.165) is 38.2 Å². The van der Waals surface area contributed by atoms with E-state index in [1.807, 2.05) is 28.8 Å². The Hall–Kier alpha value is -1.93. The maximum atomic E-state index is 5.65. The number of benzene rings is 1. The van der Waals surface area contributed by atoms with Crippen LogP contribution in [0.4, 0.5) is 0 Å². The molecule has 3 heterocycles. The zero-order chi connectivity index (χ0) is 16.4. The minimum absolute atomic E-state index is 0.582. The third-order valence-electron chi connectivity index (χ3n) is 3.55. The van der Waals surface area contributed by atoms with Gasteiger partial charge in [-0.1, -0.05) is 27.7 Å². The highest BCUT2D eigenvalue weighted by Crippen LogP contribution is 2.37. The van der Waals surface area contributed by atoms with Crippen LogP contribution in [0.1, 0.15) is 11.3 Å². The van der Waals surface area contributed by atoms with E-state index in [-0.39, 0.29) is 0 Å². The molecular formula is C16H14BrN3O3S. The van der Waals surface area contributed by atoms with Gasteiger partial charge in [0.25, 0.3) is 0 Å². The first-order valence-electron chi connectivity index (χ1n) is 7.40. The molecule has 0 fully saturated rings. The molecule has 6 nitrogen and oxygen atoms in total. The topological polar surface area (TPSA) is 62.3 Å². The number of halogens is 1. The monoisotopic (exact) mass is 407 g/mol. The molecule has 0 atom stereocenters. The standard InChI is InChI=1S/C16H14BrN3O3S/c17-13-7-15-14(22-4-5-23-15)6-11(13)9-24-16-19-18-10-20(16)8-12-2-1-3-21-12/h1-3,6-7,10H,4-5,8-9H2. The quantitative estimate of drug-likeness (QED) is 0.600. The van der Waals surface area contributed by atoms with Gasteiger partial charge in [-0.15, -0.1) is 10.2 Å². The lowest BCUT2D eigenvalue weighted by molar-refractivity contribution is 0.171. The van der Waals surface area contributed by atoms with E-state index in [1.54, 1.807) is 24.4 Å². The summed E-state index contributed by atoms with van der Waals surface area (Å²) in [5.74, 6) is 3.19. The van der Waals surface area contributed by atoms with Crippen LogP contribution in [0.2, 0.25) is 0 Å². The fourth-order valence-corrected chi connectivity index (χ4v) is 3.95. The summed E-state index contributed by atoms with van der Waals surface area (Å²) in [6, 6.07) is 7.78. The van der Waals surface area contributed by atoms with Gasteiger partial charge in [0, 0.05) is 10.2 Å². The Kier molecular flexibility index (Phi) is 4.48. The normalized spacial score (nSPS) is 13.2. The van der Waals surface area contributed by atoms with Crippen molar-refractivity contribution in [1.82, 2.24) is 14.8 Å². The molecule has 0 unspecified atom stereocenters. The summed E-state index contributed by atoms with van der Waals surface area (Å²) in [5.41, 5.74) is 1.12. The molecule has 0 spiro atoms. The molecular weight excluding hydrogens is 394 g/mol. The first-order valence-corrected chi connectivity index (χ1v) is 9.18. The summed E-state index contributed by atoms with van der Waals surface area (Å²) in [6.45, 7) is 1.78. The van der Waals surface area contributed by atoms with Gasteiger partial charge in [0.2, 0.25) is 0 Å². The summed E-state index contributed by atoms with van der Waals surface area (Å²) >= 11 is 5.21. The number of thioether (sulfide) groups is 1. The van der Waals surface area contributed by atoms with Crippen molar-refractivity contribution in [3.8, 4) is 11.5 Å². The molecule has 124 valence electrons. The molecule has 0 saturated heterocycles. The third kappa shape index (κ3) is 3.29. The van der Waals surface area contributed by atoms with Gasteiger partial charge in [0.05, 0.1) is 12.8 Å². The van der Waals surface area contributed by atoms with Crippen molar-refractivity contribution in [2.75, 3.05) is 13.2 Å². The average Bonchev–Trinajstić information content (AvgIpc) is 3.25. The molecule has 3 aromatic rings. The molecule has 0 radical (unpaired) electrons. The number of hydrogen-bond acceptors (Lipinski definition) is 6. The van der Waals surface area contributed by atoms with Crippen LogP contribution < -0.4 is 9.47 Å². The van der Waals surface area contributed by atoms with Gasteiger partial charge in [0.15, 0.2) is 16.7 Å². The summed E-state index contributed by atoms with van der Waals surface area (Å²) in [5, 5.41) is 9.03. The Balaban J connectivity index is 1.48. The van der Waals surface area contributed by atoms with Crippen molar-refractivity contribution >= 4 is 27.7 Å². The highest BCUT2D eigenvalue weighted by atomic mass is 79.9. The average molecular weight is 408 g/mol. The van der Waals surface area contributed by atoms with E-state index in [4.69, 9.17) is 13.9 Å². The predicted molar refractivity (Wildman–Crippen MR) is 92.5 cm³/mol. The minimum atomic E-state index is 0.582. The van der Waals surface area contributed by atoms with Crippen LogP contribution in [0.15, 0.2) is 50.9 Å². The molecule has 8 heteroatoms. The molecule has 2 aromatic heterocycles. The smallest absolute Gasteiger partial charge is 0.191 e. The lowest BCUT2D eigenvalue weighted by atomic mass is 10.2. The van der Waals surface area contributed by atoms with E-state index < -0.39 is 0 Å². The number of furan rings is 1. The molecule has 0 aliphatic carbocycles. The lowest BCUT2D eigenvalue weighted by Crippen LogP contribution is -2.15. The Bertz CT molecular complexity index is 835. The number of ether oxygens (including phenoxy) is 2. The summed E-state index contributed by atoms with van der Waals surface area (Å²) < 4.78 is 19.6. The number of fused-ring (bicyclic) bond motifs is 1. The Labute approximate surface area is 151 Å². The lowest BCUT2D eigenvalue weighted by Gasteiger charge is -2.19. The van der Waals surface area contributed by atoms with Gasteiger partial charge in [-0.2, -0.15) is 0 Å². The molecule has 24 heavy (non-hydrogen) atoms. The van der Waals surface area contributed by atoms with Gasteiger partial charge in [-0.3, -0.25) is 0 Å². The minimum Gasteiger partial charge on any atom is -0.486 e. The van der Waals surface area contributed by atoms with Gasteiger partial charge in [-0.05, 0) is 29.8 Å². The van der Waals surface area contributed by atoms with E-state index in [0.29, 0.717) is 19.8 Å². The zero-order valence-corrected chi connectivity index (χ0v) is 15.0. The summed E-state index contributed by atoms with van der Waals surface area (Å²) in [7, 11) is 0. The van der Waals surface area contributed by atoms with Crippen LogP contribution >= 0.6 is 27.7 Å². The van der Waals surface area contributed by atoms with E-state index in [1.165, 1.54) is 0 Å². The van der Waals surface area contributed by atoms with Crippen molar-refractivity contribution < 1.29 is 13.9 Å². The first kappa shape index (κ1) is 15.6. The number of hydrogen-bond donors (Lipinski definition) is 0. The summed E-state index contributed by atoms with van der Waals surface area (Å²) in [6.07, 6.45) is 3.38. The highest BCUT2D eigenvalue weighted by Gasteiger charge is 2.16. The van der Waals surface area contributed by atoms with Gasteiger partial charge < -0.3 is 18.5 Å². The second kappa shape index (κ2) is 6.90.